The van der Waals surface area contributed by atoms with E-state index >= 15 is 0 Å². The van der Waals surface area contributed by atoms with Crippen molar-refractivity contribution in [1.29, 1.82) is 0 Å². The summed E-state index contributed by atoms with van der Waals surface area (Å²) in [5, 5.41) is 3.45. The first kappa shape index (κ1) is 19.3. The molecule has 0 fully saturated rings. The SMILES string of the molecule is Cc1cc(OCC(=O)NC(C)c2ccc(S(C)(=O)=O)cc2)ccc1Cl. The van der Waals surface area contributed by atoms with Crippen molar-refractivity contribution < 1.29 is 17.9 Å². The highest BCUT2D eigenvalue weighted by molar-refractivity contribution is 7.90. The molecule has 0 saturated carbocycles. The molecular formula is C18H20ClNO4S. The van der Waals surface area contributed by atoms with Crippen LogP contribution < -0.4 is 10.1 Å². The Labute approximate surface area is 152 Å². The Morgan fingerprint density at radius 3 is 2.40 bits per heavy atom. The molecule has 1 atom stereocenters. The first-order chi connectivity index (χ1) is 11.7. The standard InChI is InChI=1S/C18H20ClNO4S/c1-12-10-15(6-9-17(12)19)24-11-18(21)20-13(2)14-4-7-16(8-5-14)25(3,22)23/h4-10,13H,11H2,1-3H3,(H,20,21). The molecule has 0 saturated heterocycles. The molecule has 0 bridgehead atoms. The number of aryl methyl sites for hydroxylation is 1. The van der Waals surface area contributed by atoms with Crippen LogP contribution in [0.15, 0.2) is 47.4 Å². The second-order valence-electron chi connectivity index (χ2n) is 5.83. The van der Waals surface area contributed by atoms with Gasteiger partial charge in [0.25, 0.3) is 5.91 Å². The van der Waals surface area contributed by atoms with Crippen molar-refractivity contribution >= 4 is 27.3 Å². The quantitative estimate of drug-likeness (QED) is 0.833. The van der Waals surface area contributed by atoms with Crippen LogP contribution in [-0.4, -0.2) is 27.2 Å². The zero-order chi connectivity index (χ0) is 18.6. The number of hydrogen-bond donors (Lipinski definition) is 1. The maximum absolute atomic E-state index is 12.0. The molecule has 7 heteroatoms. The van der Waals surface area contributed by atoms with Crippen LogP contribution in [-0.2, 0) is 14.6 Å². The molecule has 2 aromatic carbocycles. The summed E-state index contributed by atoms with van der Waals surface area (Å²) in [5.41, 5.74) is 1.68. The van der Waals surface area contributed by atoms with Gasteiger partial charge in [0.2, 0.25) is 0 Å². The van der Waals surface area contributed by atoms with Crippen LogP contribution in [0, 0.1) is 6.92 Å². The van der Waals surface area contributed by atoms with Gasteiger partial charge in [-0.3, -0.25) is 4.79 Å². The summed E-state index contributed by atoms with van der Waals surface area (Å²) < 4.78 is 28.4. The predicted octanol–water partition coefficient (Wildman–Crippen LogP) is 3.31. The number of halogens is 1. The lowest BCUT2D eigenvalue weighted by atomic mass is 10.1. The Morgan fingerprint density at radius 1 is 1.20 bits per heavy atom. The normalized spacial score (nSPS) is 12.5. The molecular weight excluding hydrogens is 362 g/mol. The van der Waals surface area contributed by atoms with Crippen molar-refractivity contribution in [2.45, 2.75) is 24.8 Å². The van der Waals surface area contributed by atoms with Crippen LogP contribution >= 0.6 is 11.6 Å². The fraction of sp³-hybridized carbons (Fsp3) is 0.278. The molecule has 0 aromatic heterocycles. The fourth-order valence-corrected chi connectivity index (χ4v) is 2.97. The highest BCUT2D eigenvalue weighted by Crippen LogP contribution is 2.21. The van der Waals surface area contributed by atoms with Crippen LogP contribution in [0.2, 0.25) is 5.02 Å². The monoisotopic (exact) mass is 381 g/mol. The van der Waals surface area contributed by atoms with Crippen LogP contribution in [0.4, 0.5) is 0 Å². The number of carbonyl (C=O) groups is 1. The van der Waals surface area contributed by atoms with E-state index in [-0.39, 0.29) is 23.5 Å². The van der Waals surface area contributed by atoms with Gasteiger partial charge in [0.1, 0.15) is 5.75 Å². The number of nitrogens with one attached hydrogen (secondary N) is 1. The van der Waals surface area contributed by atoms with Gasteiger partial charge >= 0.3 is 0 Å². The number of rotatable bonds is 6. The second kappa shape index (κ2) is 7.89. The molecule has 1 amide bonds. The van der Waals surface area contributed by atoms with Crippen molar-refractivity contribution in [1.82, 2.24) is 5.32 Å². The average Bonchev–Trinajstić information content (AvgIpc) is 2.55. The second-order valence-corrected chi connectivity index (χ2v) is 8.25. The van der Waals surface area contributed by atoms with E-state index in [1.807, 2.05) is 13.8 Å². The Balaban J connectivity index is 1.92. The minimum absolute atomic E-state index is 0.118. The summed E-state index contributed by atoms with van der Waals surface area (Å²) in [7, 11) is -3.23. The van der Waals surface area contributed by atoms with Crippen molar-refractivity contribution in [3.8, 4) is 5.75 Å². The number of hydrogen-bond acceptors (Lipinski definition) is 4. The molecule has 0 spiro atoms. The highest BCUT2D eigenvalue weighted by Gasteiger charge is 2.12. The van der Waals surface area contributed by atoms with Crippen LogP contribution in [0.3, 0.4) is 0 Å². The van der Waals surface area contributed by atoms with Crippen molar-refractivity contribution in [3.63, 3.8) is 0 Å². The van der Waals surface area contributed by atoms with Gasteiger partial charge in [-0.2, -0.15) is 0 Å². The lowest BCUT2D eigenvalue weighted by Crippen LogP contribution is -2.31. The van der Waals surface area contributed by atoms with Crippen molar-refractivity contribution in [2.24, 2.45) is 0 Å². The summed E-state index contributed by atoms with van der Waals surface area (Å²) >= 11 is 5.95. The topological polar surface area (TPSA) is 72.5 Å². The minimum atomic E-state index is -3.23. The first-order valence-electron chi connectivity index (χ1n) is 7.65. The molecule has 2 rings (SSSR count). The van der Waals surface area contributed by atoms with Gasteiger partial charge < -0.3 is 10.1 Å². The van der Waals surface area contributed by atoms with Crippen molar-refractivity contribution in [2.75, 3.05) is 12.9 Å². The third-order valence-electron chi connectivity index (χ3n) is 3.69. The summed E-state index contributed by atoms with van der Waals surface area (Å²) in [4.78, 5) is 12.3. The lowest BCUT2D eigenvalue weighted by molar-refractivity contribution is -0.123. The zero-order valence-corrected chi connectivity index (χ0v) is 15.8. The summed E-state index contributed by atoms with van der Waals surface area (Å²) in [6.07, 6.45) is 1.16. The largest absolute Gasteiger partial charge is 0.484 e. The summed E-state index contributed by atoms with van der Waals surface area (Å²) in [6, 6.07) is 11.3. The van der Waals surface area contributed by atoms with E-state index in [9.17, 15) is 13.2 Å². The molecule has 0 heterocycles. The van der Waals surface area contributed by atoms with E-state index in [0.717, 1.165) is 17.4 Å². The van der Waals surface area contributed by atoms with Gasteiger partial charge in [0.15, 0.2) is 16.4 Å². The van der Waals surface area contributed by atoms with E-state index in [1.54, 1.807) is 30.3 Å². The van der Waals surface area contributed by atoms with Gasteiger partial charge in [-0.15, -0.1) is 0 Å². The van der Waals surface area contributed by atoms with E-state index in [2.05, 4.69) is 5.32 Å². The minimum Gasteiger partial charge on any atom is -0.484 e. The molecule has 0 aliphatic rings. The molecule has 2 aromatic rings. The number of carbonyl (C=O) groups excluding carboxylic acids is 1. The van der Waals surface area contributed by atoms with E-state index in [4.69, 9.17) is 16.3 Å². The van der Waals surface area contributed by atoms with E-state index < -0.39 is 9.84 Å². The maximum Gasteiger partial charge on any atom is 0.258 e. The molecule has 0 radical (unpaired) electrons. The van der Waals surface area contributed by atoms with Gasteiger partial charge in [-0.1, -0.05) is 23.7 Å². The Bertz CT molecular complexity index is 863. The molecule has 0 aliphatic carbocycles. The van der Waals surface area contributed by atoms with Crippen LogP contribution in [0.5, 0.6) is 5.75 Å². The van der Waals surface area contributed by atoms with E-state index in [1.165, 1.54) is 12.1 Å². The Morgan fingerprint density at radius 2 is 1.84 bits per heavy atom. The number of amides is 1. The molecule has 0 aliphatic heterocycles. The lowest BCUT2D eigenvalue weighted by Gasteiger charge is -2.15. The molecule has 1 N–H and O–H groups in total. The smallest absolute Gasteiger partial charge is 0.258 e. The first-order valence-corrected chi connectivity index (χ1v) is 9.92. The predicted molar refractivity (Wildman–Crippen MR) is 97.8 cm³/mol. The summed E-state index contributed by atoms with van der Waals surface area (Å²) in [6.45, 7) is 3.56. The number of benzene rings is 2. The fourth-order valence-electron chi connectivity index (χ4n) is 2.23. The molecule has 25 heavy (non-hydrogen) atoms. The van der Waals surface area contributed by atoms with Gasteiger partial charge in [-0.25, -0.2) is 8.42 Å². The number of sulfone groups is 1. The Hall–Kier alpha value is -2.05. The molecule has 134 valence electrons. The van der Waals surface area contributed by atoms with Crippen LogP contribution in [0.25, 0.3) is 0 Å². The van der Waals surface area contributed by atoms with Crippen molar-refractivity contribution in [3.05, 3.63) is 58.6 Å². The number of ether oxygens (including phenoxy) is 1. The molecule has 1 unspecified atom stereocenters. The highest BCUT2D eigenvalue weighted by atomic mass is 35.5. The maximum atomic E-state index is 12.0. The van der Waals surface area contributed by atoms with Gasteiger partial charge in [0.05, 0.1) is 10.9 Å². The average molecular weight is 382 g/mol. The van der Waals surface area contributed by atoms with Crippen LogP contribution in [0.1, 0.15) is 24.1 Å². The molecule has 5 nitrogen and oxygen atoms in total. The third kappa shape index (κ3) is 5.47. The van der Waals surface area contributed by atoms with E-state index in [0.29, 0.717) is 10.8 Å². The van der Waals surface area contributed by atoms with Gasteiger partial charge in [0, 0.05) is 11.3 Å². The zero-order valence-electron chi connectivity index (χ0n) is 14.2. The summed E-state index contributed by atoms with van der Waals surface area (Å²) in [5.74, 6) is 0.300. The third-order valence-corrected chi connectivity index (χ3v) is 5.24. The van der Waals surface area contributed by atoms with Gasteiger partial charge in [-0.05, 0) is 55.3 Å². The Kier molecular flexibility index (Phi) is 6.08.